The van der Waals surface area contributed by atoms with Gasteiger partial charge in [-0.3, -0.25) is 4.79 Å². The minimum atomic E-state index is -3.72. The van der Waals surface area contributed by atoms with E-state index in [-0.39, 0.29) is 38.7 Å². The topological polar surface area (TPSA) is 88.5 Å². The van der Waals surface area contributed by atoms with Crippen molar-refractivity contribution < 1.29 is 23.1 Å². The summed E-state index contributed by atoms with van der Waals surface area (Å²) in [5.41, 5.74) is 0.410. The van der Waals surface area contributed by atoms with Crippen LogP contribution in [0.5, 0.6) is 0 Å². The molecule has 0 atom stereocenters. The first kappa shape index (κ1) is 13.5. The highest BCUT2D eigenvalue weighted by atomic mass is 32.2. The molecule has 1 aromatic rings. The van der Waals surface area contributed by atoms with E-state index in [0.717, 1.165) is 0 Å². The Morgan fingerprint density at radius 2 is 1.89 bits per heavy atom. The van der Waals surface area contributed by atoms with Crippen molar-refractivity contribution in [2.24, 2.45) is 0 Å². The van der Waals surface area contributed by atoms with Gasteiger partial charge in [0.25, 0.3) is 0 Å². The van der Waals surface area contributed by atoms with Crippen LogP contribution in [0.25, 0.3) is 0 Å². The van der Waals surface area contributed by atoms with Crippen LogP contribution in [0.2, 0.25) is 0 Å². The van der Waals surface area contributed by atoms with E-state index >= 15 is 0 Å². The average molecular weight is 280 g/mol. The summed E-state index contributed by atoms with van der Waals surface area (Å²) >= 11 is 0. The number of hydrogen-bond acceptors (Lipinski definition) is 4. The van der Waals surface area contributed by atoms with E-state index < -0.39 is 15.8 Å². The molecule has 0 fully saturated rings. The number of carbonyl (C=O) groups is 2. The van der Waals surface area contributed by atoms with Crippen molar-refractivity contribution in [1.29, 1.82) is 0 Å². The normalized spacial score (nSPS) is 17.9. The van der Waals surface area contributed by atoms with Crippen molar-refractivity contribution in [3.05, 3.63) is 39.8 Å². The first-order chi connectivity index (χ1) is 8.75. The molecule has 1 aliphatic heterocycles. The summed E-state index contributed by atoms with van der Waals surface area (Å²) in [6.07, 6.45) is -0.0984. The number of rotatable bonds is 1. The Balaban J connectivity index is 2.77. The van der Waals surface area contributed by atoms with Crippen LogP contribution >= 0.6 is 0 Å². The first-order valence-corrected chi connectivity index (χ1v) is 7.05. The second-order valence-electron chi connectivity index (χ2n) is 4.41. The second kappa shape index (κ2) is 4.31. The Morgan fingerprint density at radius 1 is 1.26 bits per heavy atom. The number of Topliss-reactive ketones (excluding diaryl/α,β-unsaturated/α-hetero) is 1. The van der Waals surface area contributed by atoms with Gasteiger partial charge in [0.1, 0.15) is 0 Å². The van der Waals surface area contributed by atoms with Gasteiger partial charge >= 0.3 is 5.97 Å². The van der Waals surface area contributed by atoms with Crippen LogP contribution in [0.1, 0.15) is 29.8 Å². The van der Waals surface area contributed by atoms with Gasteiger partial charge in [-0.15, -0.1) is 0 Å². The Labute approximate surface area is 110 Å². The molecular formula is C13H12O5S. The van der Waals surface area contributed by atoms with E-state index in [2.05, 4.69) is 0 Å². The van der Waals surface area contributed by atoms with Crippen LogP contribution < -0.4 is 0 Å². The number of ketones is 1. The summed E-state index contributed by atoms with van der Waals surface area (Å²) in [7, 11) is -3.72. The third-order valence-corrected chi connectivity index (χ3v) is 5.39. The molecule has 2 rings (SSSR count). The van der Waals surface area contributed by atoms with Crippen LogP contribution in [-0.2, 0) is 21.1 Å². The van der Waals surface area contributed by atoms with Crippen molar-refractivity contribution in [3.63, 3.8) is 0 Å². The lowest BCUT2D eigenvalue weighted by Gasteiger charge is -2.07. The predicted octanol–water partition coefficient (Wildman–Crippen LogP) is 1.58. The second-order valence-corrected chi connectivity index (χ2v) is 6.47. The molecule has 6 heteroatoms. The molecule has 0 spiro atoms. The van der Waals surface area contributed by atoms with Crippen LogP contribution in [0.4, 0.5) is 0 Å². The monoisotopic (exact) mass is 280 g/mol. The van der Waals surface area contributed by atoms with Crippen molar-refractivity contribution in [1.82, 2.24) is 0 Å². The van der Waals surface area contributed by atoms with Gasteiger partial charge in [-0.05, 0) is 37.6 Å². The first-order valence-electron chi connectivity index (χ1n) is 5.57. The number of carboxylic acids is 1. The molecule has 1 aromatic carbocycles. The summed E-state index contributed by atoms with van der Waals surface area (Å²) in [6, 6.07) is 3.74. The molecule has 0 radical (unpaired) electrons. The molecule has 19 heavy (non-hydrogen) atoms. The van der Waals surface area contributed by atoms with Crippen molar-refractivity contribution in [3.8, 4) is 0 Å². The Bertz CT molecular complexity index is 725. The van der Waals surface area contributed by atoms with Gasteiger partial charge in [-0.2, -0.15) is 0 Å². The molecule has 0 amide bonds. The van der Waals surface area contributed by atoms with Gasteiger partial charge < -0.3 is 5.11 Å². The highest BCUT2D eigenvalue weighted by molar-refractivity contribution is 7.95. The molecule has 0 aliphatic carbocycles. The van der Waals surface area contributed by atoms with Gasteiger partial charge in [-0.1, -0.05) is 0 Å². The fourth-order valence-corrected chi connectivity index (χ4v) is 3.55. The molecule has 100 valence electrons. The Hall–Kier alpha value is -1.95. The molecule has 1 heterocycles. The number of benzene rings is 1. The maximum Gasteiger partial charge on any atom is 0.335 e. The van der Waals surface area contributed by atoms with E-state index in [1.54, 1.807) is 0 Å². The highest BCUT2D eigenvalue weighted by Gasteiger charge is 2.29. The van der Waals surface area contributed by atoms with Crippen molar-refractivity contribution in [2.75, 3.05) is 0 Å². The highest BCUT2D eigenvalue weighted by Crippen LogP contribution is 2.30. The minimum Gasteiger partial charge on any atom is -0.478 e. The summed E-state index contributed by atoms with van der Waals surface area (Å²) in [5.74, 6) is -1.46. The fourth-order valence-electron chi connectivity index (χ4n) is 1.98. The number of sulfone groups is 1. The number of carboxylic acid groups (broad SMARTS) is 1. The fraction of sp³-hybridized carbons (Fsp3) is 0.231. The average Bonchev–Trinajstić information content (AvgIpc) is 2.40. The largest absolute Gasteiger partial charge is 0.478 e. The number of allylic oxidation sites excluding steroid dienone is 2. The summed E-state index contributed by atoms with van der Waals surface area (Å²) < 4.78 is 24.6. The molecule has 1 aliphatic rings. The lowest BCUT2D eigenvalue weighted by molar-refractivity contribution is -0.114. The lowest BCUT2D eigenvalue weighted by Crippen LogP contribution is -2.06. The number of fused-ring (bicyclic) bond motifs is 1. The summed E-state index contributed by atoms with van der Waals surface area (Å²) in [6.45, 7) is 2.86. The summed E-state index contributed by atoms with van der Waals surface area (Å²) in [5, 5.41) is 8.91. The van der Waals surface area contributed by atoms with Gasteiger partial charge in [0.15, 0.2) is 5.78 Å². The van der Waals surface area contributed by atoms with Crippen molar-refractivity contribution in [2.45, 2.75) is 25.2 Å². The number of hydrogen-bond donors (Lipinski definition) is 1. The van der Waals surface area contributed by atoms with Crippen LogP contribution in [-0.4, -0.2) is 25.3 Å². The molecule has 0 saturated heterocycles. The number of carbonyl (C=O) groups excluding carboxylic acids is 1. The van der Waals surface area contributed by atoms with E-state index in [1.807, 2.05) is 0 Å². The standard InChI is InChI=1S/C13H12O5S/c1-7-8(2)19(17,18)12-4-3-9(13(15)16)5-10(12)6-11(7)14/h3-5H,6H2,1-2H3,(H,15,16). The Kier molecular flexibility index (Phi) is 3.06. The number of aromatic carboxylic acids is 1. The van der Waals surface area contributed by atoms with E-state index in [0.29, 0.717) is 0 Å². The molecule has 0 saturated carbocycles. The maximum atomic E-state index is 12.3. The van der Waals surface area contributed by atoms with E-state index in [1.165, 1.54) is 32.0 Å². The molecule has 0 aromatic heterocycles. The van der Waals surface area contributed by atoms with E-state index in [4.69, 9.17) is 5.11 Å². The molecular weight excluding hydrogens is 268 g/mol. The summed E-state index contributed by atoms with van der Waals surface area (Å²) in [4.78, 5) is 22.8. The van der Waals surface area contributed by atoms with E-state index in [9.17, 15) is 18.0 Å². The van der Waals surface area contributed by atoms with Gasteiger partial charge in [0.2, 0.25) is 9.84 Å². The molecule has 0 bridgehead atoms. The Morgan fingerprint density at radius 3 is 2.47 bits per heavy atom. The molecule has 1 N–H and O–H groups in total. The molecule has 0 unspecified atom stereocenters. The maximum absolute atomic E-state index is 12.3. The zero-order valence-corrected chi connectivity index (χ0v) is 11.2. The smallest absolute Gasteiger partial charge is 0.335 e. The lowest BCUT2D eigenvalue weighted by atomic mass is 10.0. The van der Waals surface area contributed by atoms with Crippen molar-refractivity contribution >= 4 is 21.6 Å². The third kappa shape index (κ3) is 2.08. The van der Waals surface area contributed by atoms with Crippen LogP contribution in [0.3, 0.4) is 0 Å². The third-order valence-electron chi connectivity index (χ3n) is 3.30. The van der Waals surface area contributed by atoms with Gasteiger partial charge in [-0.25, -0.2) is 13.2 Å². The zero-order valence-electron chi connectivity index (χ0n) is 10.4. The molecule has 5 nitrogen and oxygen atoms in total. The minimum absolute atomic E-state index is 0.0141. The van der Waals surface area contributed by atoms with Crippen LogP contribution in [0.15, 0.2) is 33.6 Å². The predicted molar refractivity (Wildman–Crippen MR) is 67.7 cm³/mol. The quantitative estimate of drug-likeness (QED) is 0.843. The van der Waals surface area contributed by atoms with Crippen LogP contribution in [0, 0.1) is 0 Å². The van der Waals surface area contributed by atoms with Gasteiger partial charge in [0.05, 0.1) is 15.4 Å². The van der Waals surface area contributed by atoms with Gasteiger partial charge in [0, 0.05) is 12.0 Å². The SMILES string of the molecule is CC1=C(C)S(=O)(=O)c2ccc(C(=O)O)cc2CC1=O. The zero-order chi connectivity index (χ0) is 14.4.